The maximum absolute atomic E-state index is 5.90. The van der Waals surface area contributed by atoms with Crippen LogP contribution in [-0.4, -0.2) is 16.5 Å². The lowest BCUT2D eigenvalue weighted by molar-refractivity contribution is 0.348. The number of aromatic nitrogens is 1. The van der Waals surface area contributed by atoms with Crippen LogP contribution in [0.5, 0.6) is 0 Å². The predicted octanol–water partition coefficient (Wildman–Crippen LogP) is 3.05. The summed E-state index contributed by atoms with van der Waals surface area (Å²) < 4.78 is 0. The first-order valence-corrected chi connectivity index (χ1v) is 8.68. The molecular weight excluding hydrogens is 278 g/mol. The highest BCUT2D eigenvalue weighted by atomic mass is 32.1. The highest BCUT2D eigenvalue weighted by molar-refractivity contribution is 7.80. The summed E-state index contributed by atoms with van der Waals surface area (Å²) in [6.45, 7) is 1.03. The van der Waals surface area contributed by atoms with Gasteiger partial charge in [0.2, 0.25) is 0 Å². The fourth-order valence-electron chi connectivity index (χ4n) is 4.65. The molecule has 2 fully saturated rings. The van der Waals surface area contributed by atoms with Crippen molar-refractivity contribution in [3.63, 3.8) is 0 Å². The number of hydrogen-bond acceptors (Lipinski definition) is 3. The normalized spacial score (nSPS) is 29.6. The van der Waals surface area contributed by atoms with E-state index in [9.17, 15) is 0 Å². The molecule has 2 bridgehead atoms. The minimum Gasteiger partial charge on any atom is -0.389 e. The SMILES string of the molecule is NC(=S)c1cc2c(nc1NCC1CC3CCC1C3)CCC2. The van der Waals surface area contributed by atoms with E-state index >= 15 is 0 Å². The fourth-order valence-corrected chi connectivity index (χ4v) is 4.80. The number of nitrogens with one attached hydrogen (secondary N) is 1. The molecule has 3 aliphatic rings. The zero-order valence-electron chi connectivity index (χ0n) is 12.4. The minimum atomic E-state index is 0.465. The quantitative estimate of drug-likeness (QED) is 0.839. The smallest absolute Gasteiger partial charge is 0.136 e. The van der Waals surface area contributed by atoms with Gasteiger partial charge in [-0.2, -0.15) is 0 Å². The van der Waals surface area contributed by atoms with Crippen molar-refractivity contribution >= 4 is 23.0 Å². The van der Waals surface area contributed by atoms with Crippen molar-refractivity contribution in [3.05, 3.63) is 22.9 Å². The van der Waals surface area contributed by atoms with Crippen LogP contribution < -0.4 is 11.1 Å². The first-order chi connectivity index (χ1) is 10.2. The van der Waals surface area contributed by atoms with Crippen molar-refractivity contribution in [2.75, 3.05) is 11.9 Å². The molecule has 112 valence electrons. The molecule has 3 atom stereocenters. The van der Waals surface area contributed by atoms with Crippen LogP contribution in [0.15, 0.2) is 6.07 Å². The van der Waals surface area contributed by atoms with Gasteiger partial charge in [-0.3, -0.25) is 0 Å². The van der Waals surface area contributed by atoms with E-state index < -0.39 is 0 Å². The molecule has 1 heterocycles. The maximum atomic E-state index is 5.90. The van der Waals surface area contributed by atoms with E-state index in [4.69, 9.17) is 22.9 Å². The molecule has 0 amide bonds. The van der Waals surface area contributed by atoms with Crippen LogP contribution in [0, 0.1) is 17.8 Å². The first kappa shape index (κ1) is 13.5. The minimum absolute atomic E-state index is 0.465. The Balaban J connectivity index is 1.52. The van der Waals surface area contributed by atoms with Gasteiger partial charge in [0, 0.05) is 12.2 Å². The molecule has 0 spiro atoms. The van der Waals surface area contributed by atoms with Crippen LogP contribution in [0.1, 0.15) is 48.9 Å². The Kier molecular flexibility index (Phi) is 3.37. The molecule has 0 aromatic carbocycles. The summed E-state index contributed by atoms with van der Waals surface area (Å²) in [7, 11) is 0. The van der Waals surface area contributed by atoms with Crippen molar-refractivity contribution in [3.8, 4) is 0 Å². The second kappa shape index (κ2) is 5.24. The van der Waals surface area contributed by atoms with Gasteiger partial charge in [-0.1, -0.05) is 18.6 Å². The predicted molar refractivity (Wildman–Crippen MR) is 89.6 cm³/mol. The van der Waals surface area contributed by atoms with Gasteiger partial charge in [0.25, 0.3) is 0 Å². The molecule has 3 nitrogen and oxygen atoms in total. The van der Waals surface area contributed by atoms with Gasteiger partial charge in [0.05, 0.1) is 5.56 Å². The Morgan fingerprint density at radius 1 is 1.33 bits per heavy atom. The molecule has 2 saturated carbocycles. The molecular formula is C17H23N3S. The van der Waals surface area contributed by atoms with Crippen molar-refractivity contribution in [1.82, 2.24) is 4.98 Å². The summed E-state index contributed by atoms with van der Waals surface area (Å²) in [5, 5.41) is 3.57. The maximum Gasteiger partial charge on any atom is 0.136 e. The molecule has 21 heavy (non-hydrogen) atoms. The highest BCUT2D eigenvalue weighted by Gasteiger charge is 2.39. The zero-order chi connectivity index (χ0) is 14.4. The van der Waals surface area contributed by atoms with Crippen LogP contribution in [0.3, 0.4) is 0 Å². The number of fused-ring (bicyclic) bond motifs is 3. The number of anilines is 1. The lowest BCUT2D eigenvalue weighted by Gasteiger charge is -2.23. The zero-order valence-corrected chi connectivity index (χ0v) is 13.2. The number of thiocarbonyl (C=S) groups is 1. The van der Waals surface area contributed by atoms with Crippen LogP contribution in [-0.2, 0) is 12.8 Å². The third-order valence-corrected chi connectivity index (χ3v) is 5.95. The van der Waals surface area contributed by atoms with Gasteiger partial charge in [0.15, 0.2) is 0 Å². The summed E-state index contributed by atoms with van der Waals surface area (Å²) in [6, 6.07) is 2.17. The average molecular weight is 301 g/mol. The number of nitrogens with two attached hydrogens (primary N) is 1. The van der Waals surface area contributed by atoms with E-state index in [1.807, 2.05) is 0 Å². The van der Waals surface area contributed by atoms with Gasteiger partial charge in [-0.25, -0.2) is 4.98 Å². The standard InChI is InChI=1S/C17H23N3S/c18-16(21)14-8-12-2-1-3-15(12)20-17(14)19-9-13-7-10-4-5-11(13)6-10/h8,10-11,13H,1-7,9H2,(H2,18,21)(H,19,20). The topological polar surface area (TPSA) is 50.9 Å². The summed E-state index contributed by atoms with van der Waals surface area (Å²) >= 11 is 5.22. The monoisotopic (exact) mass is 301 g/mol. The van der Waals surface area contributed by atoms with Gasteiger partial charge in [-0.15, -0.1) is 0 Å². The van der Waals surface area contributed by atoms with Crippen molar-refractivity contribution in [2.24, 2.45) is 23.5 Å². The lowest BCUT2D eigenvalue weighted by Crippen LogP contribution is -2.23. The lowest BCUT2D eigenvalue weighted by atomic mass is 9.89. The molecule has 0 radical (unpaired) electrons. The number of aryl methyl sites for hydroxylation is 2. The molecule has 3 unspecified atom stereocenters. The molecule has 1 aromatic rings. The van der Waals surface area contributed by atoms with E-state index in [1.54, 1.807) is 0 Å². The van der Waals surface area contributed by atoms with Gasteiger partial charge >= 0.3 is 0 Å². The molecule has 3 N–H and O–H groups in total. The van der Waals surface area contributed by atoms with Gasteiger partial charge < -0.3 is 11.1 Å². The molecule has 4 rings (SSSR count). The fraction of sp³-hybridized carbons (Fsp3) is 0.647. The van der Waals surface area contributed by atoms with E-state index in [-0.39, 0.29) is 0 Å². The van der Waals surface area contributed by atoms with Gasteiger partial charge in [0.1, 0.15) is 10.8 Å². The summed E-state index contributed by atoms with van der Waals surface area (Å²) in [6.07, 6.45) is 9.14. The molecule has 3 aliphatic carbocycles. The largest absolute Gasteiger partial charge is 0.389 e. The van der Waals surface area contributed by atoms with E-state index in [0.29, 0.717) is 4.99 Å². The highest BCUT2D eigenvalue weighted by Crippen LogP contribution is 2.48. The Morgan fingerprint density at radius 2 is 2.24 bits per heavy atom. The van der Waals surface area contributed by atoms with Gasteiger partial charge in [-0.05, 0) is 67.9 Å². The molecule has 1 aromatic heterocycles. The van der Waals surface area contributed by atoms with Crippen molar-refractivity contribution in [2.45, 2.75) is 44.9 Å². The first-order valence-electron chi connectivity index (χ1n) is 8.27. The van der Waals surface area contributed by atoms with E-state index in [1.165, 1.54) is 43.4 Å². The molecule has 0 saturated heterocycles. The van der Waals surface area contributed by atoms with Crippen molar-refractivity contribution < 1.29 is 0 Å². The van der Waals surface area contributed by atoms with E-state index in [2.05, 4.69) is 11.4 Å². The summed E-state index contributed by atoms with van der Waals surface area (Å²) in [4.78, 5) is 5.28. The van der Waals surface area contributed by atoms with E-state index in [0.717, 1.165) is 48.5 Å². The number of nitrogens with zero attached hydrogens (tertiary/aromatic N) is 1. The van der Waals surface area contributed by atoms with Crippen LogP contribution in [0.4, 0.5) is 5.82 Å². The summed E-state index contributed by atoms with van der Waals surface area (Å²) in [5.41, 5.74) is 9.42. The van der Waals surface area contributed by atoms with Crippen LogP contribution >= 0.6 is 12.2 Å². The van der Waals surface area contributed by atoms with Crippen LogP contribution in [0.2, 0.25) is 0 Å². The number of hydrogen-bond donors (Lipinski definition) is 2. The average Bonchev–Trinajstić information content (AvgIpc) is 3.19. The second-order valence-corrected chi connectivity index (χ2v) is 7.46. The Hall–Kier alpha value is -1.16. The Labute approximate surface area is 131 Å². The Bertz CT molecular complexity index is 584. The van der Waals surface area contributed by atoms with Crippen LogP contribution in [0.25, 0.3) is 0 Å². The summed E-state index contributed by atoms with van der Waals surface area (Å²) in [5.74, 6) is 3.67. The third kappa shape index (κ3) is 2.44. The third-order valence-electron chi connectivity index (χ3n) is 5.73. The molecule has 0 aliphatic heterocycles. The Morgan fingerprint density at radius 3 is 2.95 bits per heavy atom. The van der Waals surface area contributed by atoms with Crippen molar-refractivity contribution in [1.29, 1.82) is 0 Å². The number of rotatable bonds is 4. The second-order valence-electron chi connectivity index (χ2n) is 7.02. The molecule has 4 heteroatoms. The number of pyridine rings is 1.